The molecule has 0 spiro atoms. The molecule has 2 aliphatic rings. The van der Waals surface area contributed by atoms with E-state index < -0.39 is 0 Å². The largest absolute Gasteiger partial charge is 4.00 e. The number of allylic oxidation sites excluding steroid dienone is 4. The van der Waals surface area contributed by atoms with E-state index in [4.69, 9.17) is 0 Å². The molecule has 0 saturated heterocycles. The topological polar surface area (TPSA) is 0 Å². The summed E-state index contributed by atoms with van der Waals surface area (Å²) in [6.07, 6.45) is 11.6. The summed E-state index contributed by atoms with van der Waals surface area (Å²) in [5, 5.41) is 0. The third kappa shape index (κ3) is 4.41. The van der Waals surface area contributed by atoms with Crippen LogP contribution in [0.4, 0.5) is 0 Å². The minimum atomic E-state index is 0. The third-order valence-corrected chi connectivity index (χ3v) is 3.45. The van der Waals surface area contributed by atoms with E-state index in [2.05, 4.69) is 19.9 Å². The molecule has 96 valence electrons. The van der Waals surface area contributed by atoms with Crippen molar-refractivity contribution >= 4 is 0 Å². The summed E-state index contributed by atoms with van der Waals surface area (Å²) in [5.74, 6) is 0.778. The van der Waals surface area contributed by atoms with Gasteiger partial charge in [-0.2, -0.15) is 5.57 Å². The van der Waals surface area contributed by atoms with Crippen LogP contribution in [0.25, 0.3) is 0 Å². The number of hydrogen-bond acceptors (Lipinski definition) is 0. The smallest absolute Gasteiger partial charge is 0.358 e. The molecule has 0 N–H and O–H groups in total. The second-order valence-corrected chi connectivity index (χ2v) is 4.18. The van der Waals surface area contributed by atoms with E-state index in [-0.39, 0.29) is 44.0 Å². The molecule has 0 amide bonds. The van der Waals surface area contributed by atoms with E-state index in [0.717, 1.165) is 5.92 Å². The first-order valence-electron chi connectivity index (χ1n) is 5.71. The molecule has 0 aromatic carbocycles. The Morgan fingerprint density at radius 3 is 2.18 bits per heavy atom. The first kappa shape index (κ1) is 22.4. The van der Waals surface area contributed by atoms with E-state index in [0.29, 0.717) is 0 Å². The fourth-order valence-electron chi connectivity index (χ4n) is 2.77. The van der Waals surface area contributed by atoms with Gasteiger partial charge in [0.1, 0.15) is 0 Å². The molecule has 0 aliphatic heterocycles. The van der Waals surface area contributed by atoms with E-state index in [9.17, 15) is 0 Å². The quantitative estimate of drug-likeness (QED) is 0.465. The van der Waals surface area contributed by atoms with Crippen LogP contribution in [-0.4, -0.2) is 0 Å². The van der Waals surface area contributed by atoms with Gasteiger partial charge in [-0.1, -0.05) is 58.3 Å². The molecular weight excluding hydrogens is 240 g/mol. The summed E-state index contributed by atoms with van der Waals surface area (Å²) in [5.41, 5.74) is 4.90. The summed E-state index contributed by atoms with van der Waals surface area (Å²) in [4.78, 5) is 0. The first-order chi connectivity index (χ1) is 6.36. The maximum atomic E-state index is 3.64. The van der Waals surface area contributed by atoms with E-state index >= 15 is 0 Å². The van der Waals surface area contributed by atoms with Crippen LogP contribution in [0.3, 0.4) is 0 Å². The predicted molar refractivity (Wildman–Crippen MR) is 75.6 cm³/mol. The van der Waals surface area contributed by atoms with Crippen LogP contribution in [0, 0.1) is 34.3 Å². The summed E-state index contributed by atoms with van der Waals surface area (Å²) >= 11 is 0. The standard InChI is InChI=1S/C13H19.3CH3.Ti/c1-3-10-9-11-7-5-6-8-13(11)12(10)4-2;;;;/h12H,3-8H2,1-2H3;3*1H3;/q4*-1;+4. The fourth-order valence-corrected chi connectivity index (χ4v) is 2.77. The zero-order valence-electron chi connectivity index (χ0n) is 12.3. The Hall–Kier alpha value is 0.194. The zero-order chi connectivity index (χ0) is 9.26. The Labute approximate surface area is 125 Å². The Morgan fingerprint density at radius 2 is 1.65 bits per heavy atom. The predicted octanol–water partition coefficient (Wildman–Crippen LogP) is 5.38. The normalized spacial score (nSPS) is 21.1. The average Bonchev–Trinajstić information content (AvgIpc) is 2.55. The van der Waals surface area contributed by atoms with Crippen molar-refractivity contribution in [2.24, 2.45) is 5.92 Å². The molecule has 1 unspecified atom stereocenters. The van der Waals surface area contributed by atoms with Crippen molar-refractivity contribution in [3.8, 4) is 0 Å². The number of rotatable bonds is 2. The van der Waals surface area contributed by atoms with E-state index in [1.807, 2.05) is 0 Å². The van der Waals surface area contributed by atoms with Gasteiger partial charge >= 0.3 is 21.7 Å². The Kier molecular flexibility index (Phi) is 13.4. The van der Waals surface area contributed by atoms with Crippen LogP contribution < -0.4 is 0 Å². The van der Waals surface area contributed by atoms with Gasteiger partial charge in [0.15, 0.2) is 0 Å². The molecule has 0 aromatic heterocycles. The van der Waals surface area contributed by atoms with Gasteiger partial charge in [0.2, 0.25) is 0 Å². The molecule has 0 nitrogen and oxygen atoms in total. The second-order valence-electron chi connectivity index (χ2n) is 4.18. The summed E-state index contributed by atoms with van der Waals surface area (Å²) in [6, 6.07) is 0. The van der Waals surface area contributed by atoms with Crippen LogP contribution in [0.15, 0.2) is 16.7 Å². The van der Waals surface area contributed by atoms with Crippen LogP contribution in [0.2, 0.25) is 0 Å². The van der Waals surface area contributed by atoms with Gasteiger partial charge in [0.25, 0.3) is 0 Å². The SMILES string of the molecule is CCC1=[C-]C2=C(CCCC2)C1CC.[CH3-].[CH3-].[CH3-].[Ti+4]. The molecule has 1 heteroatoms. The minimum absolute atomic E-state index is 0. The molecule has 0 radical (unpaired) electrons. The summed E-state index contributed by atoms with van der Waals surface area (Å²) in [7, 11) is 0. The molecule has 1 atom stereocenters. The molecule has 0 saturated carbocycles. The Bertz CT molecular complexity index is 261. The van der Waals surface area contributed by atoms with E-state index in [1.54, 1.807) is 16.7 Å². The van der Waals surface area contributed by atoms with Gasteiger partial charge in [-0.25, -0.2) is 17.2 Å². The molecule has 0 heterocycles. The summed E-state index contributed by atoms with van der Waals surface area (Å²) < 4.78 is 0. The van der Waals surface area contributed by atoms with Crippen molar-refractivity contribution in [3.05, 3.63) is 45.1 Å². The first-order valence-corrected chi connectivity index (χ1v) is 5.71. The summed E-state index contributed by atoms with van der Waals surface area (Å²) in [6.45, 7) is 4.58. The molecule has 17 heavy (non-hydrogen) atoms. The molecule has 0 fully saturated rings. The molecule has 0 bridgehead atoms. The van der Waals surface area contributed by atoms with Gasteiger partial charge < -0.3 is 22.3 Å². The van der Waals surface area contributed by atoms with E-state index in [1.165, 1.54) is 38.5 Å². The number of hydrogen-bond donors (Lipinski definition) is 0. The molecular formula is C16H28Ti. The van der Waals surface area contributed by atoms with Gasteiger partial charge in [-0.05, 0) is 0 Å². The van der Waals surface area contributed by atoms with Gasteiger partial charge in [0.05, 0.1) is 0 Å². The Balaban J connectivity index is -0.000000490. The monoisotopic (exact) mass is 268 g/mol. The molecule has 0 aromatic rings. The van der Waals surface area contributed by atoms with Crippen molar-refractivity contribution in [2.45, 2.75) is 52.4 Å². The second kappa shape index (κ2) is 10.1. The van der Waals surface area contributed by atoms with Crippen LogP contribution in [0.1, 0.15) is 52.4 Å². The fraction of sp³-hybridized carbons (Fsp3) is 0.562. The van der Waals surface area contributed by atoms with Crippen molar-refractivity contribution in [2.75, 3.05) is 0 Å². The third-order valence-electron chi connectivity index (χ3n) is 3.45. The van der Waals surface area contributed by atoms with Crippen LogP contribution in [0.5, 0.6) is 0 Å². The van der Waals surface area contributed by atoms with Crippen molar-refractivity contribution in [3.63, 3.8) is 0 Å². The zero-order valence-corrected chi connectivity index (χ0v) is 13.9. The molecule has 2 rings (SSSR count). The average molecular weight is 268 g/mol. The molecule has 2 aliphatic carbocycles. The Morgan fingerprint density at radius 1 is 1.06 bits per heavy atom. The van der Waals surface area contributed by atoms with Gasteiger partial charge in [-0.15, -0.1) is 0 Å². The van der Waals surface area contributed by atoms with Crippen molar-refractivity contribution in [1.82, 2.24) is 0 Å². The van der Waals surface area contributed by atoms with Crippen LogP contribution >= 0.6 is 0 Å². The van der Waals surface area contributed by atoms with Gasteiger partial charge in [0, 0.05) is 0 Å². The maximum Gasteiger partial charge on any atom is 4.00 e. The maximum absolute atomic E-state index is 3.64. The minimum Gasteiger partial charge on any atom is -0.358 e. The van der Waals surface area contributed by atoms with Gasteiger partial charge in [-0.3, -0.25) is 0 Å². The van der Waals surface area contributed by atoms with Crippen molar-refractivity contribution < 1.29 is 21.7 Å². The van der Waals surface area contributed by atoms with Crippen LogP contribution in [-0.2, 0) is 21.7 Å². The van der Waals surface area contributed by atoms with Crippen molar-refractivity contribution in [1.29, 1.82) is 0 Å².